The van der Waals surface area contributed by atoms with Gasteiger partial charge in [-0.2, -0.15) is 0 Å². The van der Waals surface area contributed by atoms with Crippen molar-refractivity contribution in [2.24, 2.45) is 0 Å². The summed E-state index contributed by atoms with van der Waals surface area (Å²) in [6.45, 7) is 9.06. The van der Waals surface area contributed by atoms with Crippen molar-refractivity contribution in [3.63, 3.8) is 0 Å². The maximum absolute atomic E-state index is 14.0. The SMILES string of the molecule is CCCNCc1ccnc(OC(C)(C)C)c1F. The zero-order valence-corrected chi connectivity index (χ0v) is 11.0. The summed E-state index contributed by atoms with van der Waals surface area (Å²) in [7, 11) is 0. The molecule has 1 N–H and O–H groups in total. The Morgan fingerprint density at radius 1 is 1.41 bits per heavy atom. The first kappa shape index (κ1) is 13.9. The summed E-state index contributed by atoms with van der Waals surface area (Å²) in [6, 6.07) is 1.67. The van der Waals surface area contributed by atoms with E-state index in [1.807, 2.05) is 20.8 Å². The average molecular weight is 240 g/mol. The van der Waals surface area contributed by atoms with E-state index in [4.69, 9.17) is 4.74 Å². The highest BCUT2D eigenvalue weighted by Gasteiger charge is 2.17. The maximum atomic E-state index is 14.0. The third-order valence-electron chi connectivity index (χ3n) is 2.08. The molecule has 1 aromatic rings. The van der Waals surface area contributed by atoms with Gasteiger partial charge in [0.1, 0.15) is 5.60 Å². The topological polar surface area (TPSA) is 34.2 Å². The highest BCUT2D eigenvalue weighted by atomic mass is 19.1. The maximum Gasteiger partial charge on any atom is 0.251 e. The van der Waals surface area contributed by atoms with Gasteiger partial charge in [-0.15, -0.1) is 0 Å². The number of rotatable bonds is 5. The Balaban J connectivity index is 2.76. The zero-order valence-electron chi connectivity index (χ0n) is 11.0. The van der Waals surface area contributed by atoms with Crippen LogP contribution in [-0.2, 0) is 6.54 Å². The standard InChI is InChI=1S/C13H21FN2O/c1-5-7-15-9-10-6-8-16-12(11(10)14)17-13(2,3)4/h6,8,15H,5,7,9H2,1-4H3. The molecule has 17 heavy (non-hydrogen) atoms. The van der Waals surface area contributed by atoms with E-state index in [9.17, 15) is 4.39 Å². The summed E-state index contributed by atoms with van der Waals surface area (Å²) < 4.78 is 19.5. The molecule has 0 unspecified atom stereocenters. The van der Waals surface area contributed by atoms with Crippen molar-refractivity contribution in [3.8, 4) is 5.88 Å². The van der Waals surface area contributed by atoms with Crippen molar-refractivity contribution < 1.29 is 9.13 Å². The van der Waals surface area contributed by atoms with Gasteiger partial charge in [0, 0.05) is 18.3 Å². The molecule has 0 saturated heterocycles. The predicted molar refractivity (Wildman–Crippen MR) is 66.6 cm³/mol. The van der Waals surface area contributed by atoms with Gasteiger partial charge in [0.2, 0.25) is 0 Å². The Morgan fingerprint density at radius 2 is 2.12 bits per heavy atom. The van der Waals surface area contributed by atoms with Crippen LogP contribution in [0.3, 0.4) is 0 Å². The lowest BCUT2D eigenvalue weighted by Crippen LogP contribution is -2.25. The largest absolute Gasteiger partial charge is 0.470 e. The Labute approximate surface area is 102 Å². The number of nitrogens with one attached hydrogen (secondary N) is 1. The van der Waals surface area contributed by atoms with E-state index in [0.29, 0.717) is 12.1 Å². The van der Waals surface area contributed by atoms with Gasteiger partial charge in [-0.3, -0.25) is 0 Å². The lowest BCUT2D eigenvalue weighted by Gasteiger charge is -2.21. The van der Waals surface area contributed by atoms with Crippen molar-refractivity contribution in [2.75, 3.05) is 6.54 Å². The molecule has 0 aliphatic rings. The summed E-state index contributed by atoms with van der Waals surface area (Å²) >= 11 is 0. The fraction of sp³-hybridized carbons (Fsp3) is 0.615. The molecule has 1 aromatic heterocycles. The minimum Gasteiger partial charge on any atom is -0.470 e. The second-order valence-corrected chi connectivity index (χ2v) is 4.98. The van der Waals surface area contributed by atoms with Crippen LogP contribution in [0.4, 0.5) is 4.39 Å². The van der Waals surface area contributed by atoms with Gasteiger partial charge < -0.3 is 10.1 Å². The smallest absolute Gasteiger partial charge is 0.251 e. The van der Waals surface area contributed by atoms with Crippen LogP contribution < -0.4 is 10.1 Å². The van der Waals surface area contributed by atoms with Crippen LogP contribution in [0.2, 0.25) is 0 Å². The van der Waals surface area contributed by atoms with Gasteiger partial charge in [0.25, 0.3) is 5.88 Å². The third-order valence-corrected chi connectivity index (χ3v) is 2.08. The second-order valence-electron chi connectivity index (χ2n) is 4.98. The quantitative estimate of drug-likeness (QED) is 0.804. The van der Waals surface area contributed by atoms with Crippen LogP contribution in [0.1, 0.15) is 39.7 Å². The molecule has 1 heterocycles. The van der Waals surface area contributed by atoms with Crippen LogP contribution in [-0.4, -0.2) is 17.1 Å². The van der Waals surface area contributed by atoms with Crippen molar-refractivity contribution in [2.45, 2.75) is 46.3 Å². The number of ether oxygens (including phenoxy) is 1. The molecule has 0 fully saturated rings. The minimum atomic E-state index is -0.441. The molecular weight excluding hydrogens is 219 g/mol. The molecule has 3 nitrogen and oxygen atoms in total. The zero-order chi connectivity index (χ0) is 12.9. The van der Waals surface area contributed by atoms with Gasteiger partial charge in [0.05, 0.1) is 0 Å². The van der Waals surface area contributed by atoms with Gasteiger partial charge in [-0.25, -0.2) is 9.37 Å². The Morgan fingerprint density at radius 3 is 2.71 bits per heavy atom. The number of hydrogen-bond acceptors (Lipinski definition) is 3. The Bertz CT molecular complexity index is 361. The molecule has 96 valence electrons. The summed E-state index contributed by atoms with van der Waals surface area (Å²) in [6.07, 6.45) is 2.60. The van der Waals surface area contributed by atoms with Crippen LogP contribution in [0.25, 0.3) is 0 Å². The summed E-state index contributed by atoms with van der Waals surface area (Å²) in [4.78, 5) is 3.93. The summed E-state index contributed by atoms with van der Waals surface area (Å²) in [5.74, 6) is -0.292. The van der Waals surface area contributed by atoms with Crippen LogP contribution in [0.15, 0.2) is 12.3 Å². The van der Waals surface area contributed by atoms with Crippen LogP contribution in [0, 0.1) is 5.82 Å². The number of aromatic nitrogens is 1. The van der Waals surface area contributed by atoms with E-state index >= 15 is 0 Å². The average Bonchev–Trinajstić information content (AvgIpc) is 2.22. The van der Waals surface area contributed by atoms with E-state index in [1.54, 1.807) is 12.3 Å². The first-order chi connectivity index (χ1) is 7.94. The monoisotopic (exact) mass is 240 g/mol. The van der Waals surface area contributed by atoms with Gasteiger partial charge in [-0.05, 0) is 39.8 Å². The lowest BCUT2D eigenvalue weighted by atomic mass is 10.2. The van der Waals surface area contributed by atoms with Crippen LogP contribution in [0.5, 0.6) is 5.88 Å². The Kier molecular flexibility index (Phi) is 4.87. The molecule has 0 aliphatic heterocycles. The third kappa shape index (κ3) is 4.69. The van der Waals surface area contributed by atoms with E-state index in [1.165, 1.54) is 0 Å². The molecule has 1 rings (SSSR count). The van der Waals surface area contributed by atoms with Gasteiger partial charge in [0.15, 0.2) is 5.82 Å². The molecule has 0 bridgehead atoms. The predicted octanol–water partition coefficient (Wildman–Crippen LogP) is 2.90. The van der Waals surface area contributed by atoms with Crippen molar-refractivity contribution in [3.05, 3.63) is 23.6 Å². The van der Waals surface area contributed by atoms with Crippen molar-refractivity contribution >= 4 is 0 Å². The fourth-order valence-corrected chi connectivity index (χ4v) is 1.36. The molecule has 0 radical (unpaired) electrons. The summed E-state index contributed by atoms with van der Waals surface area (Å²) in [5, 5.41) is 3.16. The Hall–Kier alpha value is -1.16. The number of pyridine rings is 1. The molecule has 0 atom stereocenters. The van der Waals surface area contributed by atoms with E-state index in [2.05, 4.69) is 17.2 Å². The molecule has 0 spiro atoms. The molecule has 0 aliphatic carbocycles. The second kappa shape index (κ2) is 5.96. The molecule has 0 amide bonds. The lowest BCUT2D eigenvalue weighted by molar-refractivity contribution is 0.116. The molecule has 4 heteroatoms. The number of halogens is 1. The highest BCUT2D eigenvalue weighted by Crippen LogP contribution is 2.21. The normalized spacial score (nSPS) is 11.6. The van der Waals surface area contributed by atoms with Crippen LogP contribution >= 0.6 is 0 Å². The van der Waals surface area contributed by atoms with E-state index in [0.717, 1.165) is 13.0 Å². The van der Waals surface area contributed by atoms with Crippen molar-refractivity contribution in [1.29, 1.82) is 0 Å². The number of nitrogens with zero attached hydrogens (tertiary/aromatic N) is 1. The molecule has 0 saturated carbocycles. The minimum absolute atomic E-state index is 0.0771. The van der Waals surface area contributed by atoms with E-state index in [-0.39, 0.29) is 11.7 Å². The molecule has 0 aromatic carbocycles. The number of hydrogen-bond donors (Lipinski definition) is 1. The summed E-state index contributed by atoms with van der Waals surface area (Å²) in [5.41, 5.74) is 0.149. The molecular formula is C13H21FN2O. The first-order valence-electron chi connectivity index (χ1n) is 5.97. The first-order valence-corrected chi connectivity index (χ1v) is 5.97. The van der Waals surface area contributed by atoms with E-state index < -0.39 is 5.60 Å². The highest BCUT2D eigenvalue weighted by molar-refractivity contribution is 5.24. The van der Waals surface area contributed by atoms with Gasteiger partial charge in [-0.1, -0.05) is 6.92 Å². The van der Waals surface area contributed by atoms with Gasteiger partial charge >= 0.3 is 0 Å². The van der Waals surface area contributed by atoms with Crippen molar-refractivity contribution in [1.82, 2.24) is 10.3 Å². The fourth-order valence-electron chi connectivity index (χ4n) is 1.36.